The predicted octanol–water partition coefficient (Wildman–Crippen LogP) is 2.45. The molecular weight excluding hydrogens is 328 g/mol. The molecule has 0 spiro atoms. The summed E-state index contributed by atoms with van der Waals surface area (Å²) in [6.45, 7) is 1.24. The second-order valence-electron chi connectivity index (χ2n) is 4.46. The molecule has 1 fully saturated rings. The third-order valence-electron chi connectivity index (χ3n) is 3.04. The Bertz CT molecular complexity index is 501. The first-order valence-electron chi connectivity index (χ1n) is 6.06. The lowest BCUT2D eigenvalue weighted by atomic mass is 10.0. The predicted molar refractivity (Wildman–Crippen MR) is 82.2 cm³/mol. The molecule has 0 aromatic heterocycles. The summed E-state index contributed by atoms with van der Waals surface area (Å²) in [6, 6.07) is 5.38. The Kier molecular flexibility index (Phi) is 4.90. The van der Waals surface area contributed by atoms with E-state index in [2.05, 4.69) is 21.2 Å². The molecule has 1 atom stereocenters. The van der Waals surface area contributed by atoms with Crippen LogP contribution in [0, 0.1) is 5.92 Å². The molecule has 1 aliphatic rings. The number of nitrogens with two attached hydrogens (primary N) is 1. The summed E-state index contributed by atoms with van der Waals surface area (Å²) in [5, 5.41) is 2.90. The van der Waals surface area contributed by atoms with Gasteiger partial charge in [-0.15, -0.1) is 0 Å². The van der Waals surface area contributed by atoms with Gasteiger partial charge in [0.2, 0.25) is 5.91 Å². The van der Waals surface area contributed by atoms with E-state index >= 15 is 0 Å². The van der Waals surface area contributed by atoms with Gasteiger partial charge in [-0.2, -0.15) is 0 Å². The van der Waals surface area contributed by atoms with Crippen molar-refractivity contribution < 1.29 is 9.53 Å². The van der Waals surface area contributed by atoms with Crippen molar-refractivity contribution in [2.24, 2.45) is 11.7 Å². The Balaban J connectivity index is 2.06. The van der Waals surface area contributed by atoms with Gasteiger partial charge < -0.3 is 15.8 Å². The number of carbonyl (C=O) groups is 1. The number of thiocarbonyl (C=S) groups is 1. The van der Waals surface area contributed by atoms with Crippen molar-refractivity contribution in [1.29, 1.82) is 0 Å². The maximum atomic E-state index is 12.1. The van der Waals surface area contributed by atoms with Crippen LogP contribution in [0.2, 0.25) is 0 Å². The van der Waals surface area contributed by atoms with E-state index in [0.717, 1.165) is 35.2 Å². The van der Waals surface area contributed by atoms with Gasteiger partial charge in [-0.25, -0.2) is 0 Å². The standard InChI is InChI=1S/C13H15BrN2O2S/c14-10-6-8(12(15)19)3-4-11(10)16-13(17)9-2-1-5-18-7-9/h3-4,6,9H,1-2,5,7H2,(H2,15,19)(H,16,17). The summed E-state index contributed by atoms with van der Waals surface area (Å²) >= 11 is 8.32. The second-order valence-corrected chi connectivity index (χ2v) is 5.76. The van der Waals surface area contributed by atoms with Crippen molar-refractivity contribution in [1.82, 2.24) is 0 Å². The van der Waals surface area contributed by atoms with Crippen LogP contribution >= 0.6 is 28.1 Å². The molecule has 1 saturated heterocycles. The van der Waals surface area contributed by atoms with Gasteiger partial charge in [0, 0.05) is 16.6 Å². The average Bonchev–Trinajstić information content (AvgIpc) is 2.41. The van der Waals surface area contributed by atoms with Gasteiger partial charge >= 0.3 is 0 Å². The van der Waals surface area contributed by atoms with Crippen molar-refractivity contribution in [2.75, 3.05) is 18.5 Å². The van der Waals surface area contributed by atoms with Gasteiger partial charge in [-0.1, -0.05) is 12.2 Å². The molecule has 0 aliphatic carbocycles. The molecule has 0 radical (unpaired) electrons. The van der Waals surface area contributed by atoms with E-state index in [1.165, 1.54) is 0 Å². The molecule has 102 valence electrons. The lowest BCUT2D eigenvalue weighted by Gasteiger charge is -2.21. The van der Waals surface area contributed by atoms with Crippen molar-refractivity contribution >= 4 is 44.7 Å². The zero-order valence-corrected chi connectivity index (χ0v) is 12.7. The van der Waals surface area contributed by atoms with E-state index < -0.39 is 0 Å². The monoisotopic (exact) mass is 342 g/mol. The van der Waals surface area contributed by atoms with Crippen molar-refractivity contribution in [3.05, 3.63) is 28.2 Å². The number of halogens is 1. The molecule has 2 rings (SSSR count). The highest BCUT2D eigenvalue weighted by Gasteiger charge is 2.22. The van der Waals surface area contributed by atoms with E-state index in [0.29, 0.717) is 11.6 Å². The molecule has 6 heteroatoms. The minimum Gasteiger partial charge on any atom is -0.389 e. The number of nitrogens with one attached hydrogen (secondary N) is 1. The molecule has 1 aliphatic heterocycles. The highest BCUT2D eigenvalue weighted by Crippen LogP contribution is 2.25. The van der Waals surface area contributed by atoms with Crippen molar-refractivity contribution in [3.8, 4) is 0 Å². The van der Waals surface area contributed by atoms with Crippen LogP contribution in [-0.4, -0.2) is 24.1 Å². The number of hydrogen-bond donors (Lipinski definition) is 2. The summed E-state index contributed by atoms with van der Waals surface area (Å²) in [6.07, 6.45) is 1.80. The zero-order chi connectivity index (χ0) is 13.8. The summed E-state index contributed by atoms with van der Waals surface area (Å²) in [5.41, 5.74) is 7.04. The van der Waals surface area contributed by atoms with Gasteiger partial charge in [0.15, 0.2) is 0 Å². The van der Waals surface area contributed by atoms with Crippen LogP contribution < -0.4 is 11.1 Å². The summed E-state index contributed by atoms with van der Waals surface area (Å²) in [4.78, 5) is 12.4. The molecule has 1 aromatic rings. The van der Waals surface area contributed by atoms with Crippen LogP contribution in [0.5, 0.6) is 0 Å². The normalized spacial score (nSPS) is 18.9. The van der Waals surface area contributed by atoms with E-state index in [-0.39, 0.29) is 11.8 Å². The highest BCUT2D eigenvalue weighted by molar-refractivity contribution is 9.10. The van der Waals surface area contributed by atoms with Crippen LogP contribution in [0.15, 0.2) is 22.7 Å². The SMILES string of the molecule is NC(=S)c1ccc(NC(=O)C2CCCOC2)c(Br)c1. The third-order valence-corrected chi connectivity index (χ3v) is 3.93. The Morgan fingerprint density at radius 1 is 1.53 bits per heavy atom. The molecule has 1 heterocycles. The van der Waals surface area contributed by atoms with Gasteiger partial charge in [0.1, 0.15) is 4.99 Å². The second kappa shape index (κ2) is 6.45. The van der Waals surface area contributed by atoms with Gasteiger partial charge in [0.05, 0.1) is 18.2 Å². The van der Waals surface area contributed by atoms with E-state index in [1.807, 2.05) is 0 Å². The van der Waals surface area contributed by atoms with Gasteiger partial charge in [-0.05, 0) is 47.0 Å². The zero-order valence-electron chi connectivity index (χ0n) is 10.3. The molecular formula is C13H15BrN2O2S. The quantitative estimate of drug-likeness (QED) is 0.828. The number of rotatable bonds is 3. The maximum absolute atomic E-state index is 12.1. The van der Waals surface area contributed by atoms with E-state index in [1.54, 1.807) is 18.2 Å². The van der Waals surface area contributed by atoms with Crippen LogP contribution in [0.25, 0.3) is 0 Å². The van der Waals surface area contributed by atoms with Crippen molar-refractivity contribution in [2.45, 2.75) is 12.8 Å². The Morgan fingerprint density at radius 3 is 2.89 bits per heavy atom. The number of ether oxygens (including phenoxy) is 1. The highest BCUT2D eigenvalue weighted by atomic mass is 79.9. The van der Waals surface area contributed by atoms with Crippen LogP contribution in [0.3, 0.4) is 0 Å². The number of hydrogen-bond acceptors (Lipinski definition) is 3. The lowest BCUT2D eigenvalue weighted by Crippen LogP contribution is -2.30. The third kappa shape index (κ3) is 3.75. The topological polar surface area (TPSA) is 64.3 Å². The fourth-order valence-electron chi connectivity index (χ4n) is 1.95. The Morgan fingerprint density at radius 2 is 2.32 bits per heavy atom. The largest absolute Gasteiger partial charge is 0.389 e. The number of anilines is 1. The maximum Gasteiger partial charge on any atom is 0.229 e. The van der Waals surface area contributed by atoms with Crippen LogP contribution in [0.1, 0.15) is 18.4 Å². The molecule has 0 bridgehead atoms. The summed E-state index contributed by atoms with van der Waals surface area (Å²) in [7, 11) is 0. The minimum atomic E-state index is -0.0732. The molecule has 19 heavy (non-hydrogen) atoms. The summed E-state index contributed by atoms with van der Waals surface area (Å²) in [5.74, 6) is -0.0839. The van der Waals surface area contributed by atoms with Gasteiger partial charge in [0.25, 0.3) is 0 Å². The molecule has 0 saturated carbocycles. The first-order chi connectivity index (χ1) is 9.08. The molecule has 1 aromatic carbocycles. The fraction of sp³-hybridized carbons (Fsp3) is 0.385. The first kappa shape index (κ1) is 14.4. The molecule has 1 unspecified atom stereocenters. The summed E-state index contributed by atoms with van der Waals surface area (Å²) < 4.78 is 6.08. The first-order valence-corrected chi connectivity index (χ1v) is 7.26. The Hall–Kier alpha value is -0.980. The smallest absolute Gasteiger partial charge is 0.229 e. The van der Waals surface area contributed by atoms with Crippen LogP contribution in [-0.2, 0) is 9.53 Å². The lowest BCUT2D eigenvalue weighted by molar-refractivity contribution is -0.123. The molecule has 4 nitrogen and oxygen atoms in total. The molecule has 3 N–H and O–H groups in total. The van der Waals surface area contributed by atoms with E-state index in [9.17, 15) is 4.79 Å². The number of benzene rings is 1. The van der Waals surface area contributed by atoms with Gasteiger partial charge in [-0.3, -0.25) is 4.79 Å². The number of carbonyl (C=O) groups excluding carboxylic acids is 1. The Labute approximate surface area is 125 Å². The van der Waals surface area contributed by atoms with E-state index in [4.69, 9.17) is 22.7 Å². The average molecular weight is 343 g/mol. The number of amides is 1. The van der Waals surface area contributed by atoms with Crippen LogP contribution in [0.4, 0.5) is 5.69 Å². The fourth-order valence-corrected chi connectivity index (χ4v) is 2.56. The van der Waals surface area contributed by atoms with Crippen molar-refractivity contribution in [3.63, 3.8) is 0 Å². The molecule has 1 amide bonds. The minimum absolute atomic E-state index is 0.0107.